The van der Waals surface area contributed by atoms with Gasteiger partial charge in [0.2, 0.25) is 11.8 Å². The number of fused-ring (bicyclic) bond motifs is 1. The number of alkyl halides is 3. The second kappa shape index (κ2) is 7.23. The Morgan fingerprint density at radius 2 is 1.83 bits per heavy atom. The highest BCUT2D eigenvalue weighted by Crippen LogP contribution is 2.38. The number of ether oxygens (including phenoxy) is 3. The van der Waals surface area contributed by atoms with Crippen LogP contribution in [0.4, 0.5) is 19.1 Å². The molecule has 0 saturated carbocycles. The fraction of sp³-hybridized carbons (Fsp3) is 0.286. The molecule has 0 aliphatic heterocycles. The molecule has 15 heteroatoms. The third-order valence-corrected chi connectivity index (χ3v) is 4.91. The minimum atomic E-state index is -4.98. The fourth-order valence-corrected chi connectivity index (χ4v) is 3.62. The summed E-state index contributed by atoms with van der Waals surface area (Å²) in [7, 11) is -1.23. The molecule has 0 saturated heterocycles. The van der Waals surface area contributed by atoms with E-state index in [0.29, 0.717) is 6.07 Å². The van der Waals surface area contributed by atoms with Crippen LogP contribution in [0.5, 0.6) is 17.8 Å². The molecule has 0 aliphatic carbocycles. The third kappa shape index (κ3) is 3.80. The van der Waals surface area contributed by atoms with Crippen LogP contribution in [0, 0.1) is 0 Å². The van der Waals surface area contributed by atoms with Gasteiger partial charge in [-0.1, -0.05) is 0 Å². The number of pyridine rings is 1. The van der Waals surface area contributed by atoms with Gasteiger partial charge in [0.15, 0.2) is 10.5 Å². The number of hydrogen-bond donors (Lipinski definition) is 1. The Hall–Kier alpha value is -3.36. The first-order valence-corrected chi connectivity index (χ1v) is 9.08. The van der Waals surface area contributed by atoms with Crippen molar-refractivity contribution in [3.05, 3.63) is 23.9 Å². The summed E-state index contributed by atoms with van der Waals surface area (Å²) in [4.78, 5) is 10.2. The van der Waals surface area contributed by atoms with E-state index < -0.39 is 38.5 Å². The van der Waals surface area contributed by atoms with Gasteiger partial charge in [-0.3, -0.25) is 0 Å². The third-order valence-electron chi connectivity index (χ3n) is 3.53. The summed E-state index contributed by atoms with van der Waals surface area (Å²) >= 11 is 0. The van der Waals surface area contributed by atoms with E-state index in [2.05, 4.69) is 20.1 Å². The predicted octanol–water partition coefficient (Wildman–Crippen LogP) is 1.36. The maximum atomic E-state index is 13.3. The number of halogens is 3. The van der Waals surface area contributed by atoms with Crippen LogP contribution in [0.1, 0.15) is 5.56 Å². The SMILES string of the molecule is COc1cc2nc(NS(=O)(=O)c3c(C(F)(F)F)ccnc3OC)nn2c(OC)n1. The molecule has 0 bridgehead atoms. The molecular formula is C14H13F3N6O5S. The lowest BCUT2D eigenvalue weighted by Gasteiger charge is -2.15. The van der Waals surface area contributed by atoms with Crippen LogP contribution in [-0.2, 0) is 16.2 Å². The van der Waals surface area contributed by atoms with Gasteiger partial charge in [0.1, 0.15) is 0 Å². The smallest absolute Gasteiger partial charge is 0.418 e. The minimum Gasteiger partial charge on any atom is -0.481 e. The van der Waals surface area contributed by atoms with Crippen molar-refractivity contribution in [3.63, 3.8) is 0 Å². The van der Waals surface area contributed by atoms with Crippen LogP contribution in [0.15, 0.2) is 23.2 Å². The lowest BCUT2D eigenvalue weighted by Crippen LogP contribution is -2.21. The molecule has 0 fully saturated rings. The average molecular weight is 434 g/mol. The number of nitrogens with one attached hydrogen (secondary N) is 1. The van der Waals surface area contributed by atoms with Crippen LogP contribution in [-0.4, -0.2) is 54.3 Å². The van der Waals surface area contributed by atoms with Gasteiger partial charge >= 0.3 is 12.2 Å². The number of sulfonamides is 1. The highest BCUT2D eigenvalue weighted by atomic mass is 32.2. The first kappa shape index (κ1) is 20.4. The molecule has 156 valence electrons. The molecular weight excluding hydrogens is 421 g/mol. The van der Waals surface area contributed by atoms with E-state index in [1.807, 2.05) is 4.72 Å². The van der Waals surface area contributed by atoms with Gasteiger partial charge in [0.05, 0.1) is 26.9 Å². The topological polar surface area (TPSA) is 130 Å². The lowest BCUT2D eigenvalue weighted by molar-refractivity contribution is -0.140. The summed E-state index contributed by atoms with van der Waals surface area (Å²) in [5.41, 5.74) is -1.39. The van der Waals surface area contributed by atoms with Crippen molar-refractivity contribution in [1.29, 1.82) is 0 Å². The van der Waals surface area contributed by atoms with Gasteiger partial charge in [-0.05, 0) is 6.07 Å². The summed E-state index contributed by atoms with van der Waals surface area (Å²) in [6.45, 7) is 0. The van der Waals surface area contributed by atoms with Crippen LogP contribution in [0.2, 0.25) is 0 Å². The van der Waals surface area contributed by atoms with Crippen molar-refractivity contribution in [1.82, 2.24) is 24.6 Å². The number of hydrogen-bond acceptors (Lipinski definition) is 9. The summed E-state index contributed by atoms with van der Waals surface area (Å²) in [6.07, 6.45) is -4.19. The van der Waals surface area contributed by atoms with E-state index in [0.717, 1.165) is 17.8 Å². The average Bonchev–Trinajstić information content (AvgIpc) is 3.07. The Bertz CT molecular complexity index is 1160. The largest absolute Gasteiger partial charge is 0.481 e. The van der Waals surface area contributed by atoms with E-state index in [-0.39, 0.29) is 17.5 Å². The van der Waals surface area contributed by atoms with Gasteiger partial charge < -0.3 is 14.2 Å². The standard InChI is InChI=1S/C14H13F3N6O5S/c1-26-9-6-8-19-12(21-23(8)13(20-9)28-3)22-29(24,25)10-7(14(15,16)17)4-5-18-11(10)27-2/h4-6H,1-3H3,(H,21,22). The van der Waals surface area contributed by atoms with Crippen molar-refractivity contribution < 1.29 is 35.8 Å². The maximum Gasteiger partial charge on any atom is 0.418 e. The van der Waals surface area contributed by atoms with Gasteiger partial charge in [0, 0.05) is 12.3 Å². The van der Waals surface area contributed by atoms with Crippen molar-refractivity contribution in [3.8, 4) is 17.8 Å². The summed E-state index contributed by atoms with van der Waals surface area (Å²) in [5.74, 6) is -1.17. The molecule has 0 amide bonds. The maximum absolute atomic E-state index is 13.3. The summed E-state index contributed by atoms with van der Waals surface area (Å²) in [6, 6.07) is 1.75. The van der Waals surface area contributed by atoms with Gasteiger partial charge in [-0.25, -0.2) is 18.1 Å². The molecule has 0 aliphatic rings. The van der Waals surface area contributed by atoms with Crippen molar-refractivity contribution in [2.45, 2.75) is 11.1 Å². The number of anilines is 1. The van der Waals surface area contributed by atoms with Crippen LogP contribution < -0.4 is 18.9 Å². The molecule has 1 N–H and O–H groups in total. The quantitative estimate of drug-likeness (QED) is 0.611. The predicted molar refractivity (Wildman–Crippen MR) is 90.5 cm³/mol. The summed E-state index contributed by atoms with van der Waals surface area (Å²) < 4.78 is 83.0. The molecule has 11 nitrogen and oxygen atoms in total. The number of aromatic nitrogens is 5. The van der Waals surface area contributed by atoms with Gasteiger partial charge in [-0.15, -0.1) is 5.10 Å². The van der Waals surface area contributed by atoms with Crippen LogP contribution in [0.3, 0.4) is 0 Å². The zero-order chi connectivity index (χ0) is 21.4. The molecule has 0 atom stereocenters. The number of rotatable bonds is 6. The molecule has 3 heterocycles. The van der Waals surface area contributed by atoms with E-state index in [9.17, 15) is 21.6 Å². The lowest BCUT2D eigenvalue weighted by atomic mass is 10.2. The summed E-state index contributed by atoms with van der Waals surface area (Å²) in [5, 5.41) is 3.85. The second-order valence-electron chi connectivity index (χ2n) is 5.29. The Morgan fingerprint density at radius 3 is 2.41 bits per heavy atom. The second-order valence-corrected chi connectivity index (χ2v) is 6.91. The molecule has 0 aromatic carbocycles. The Kier molecular flexibility index (Phi) is 5.08. The highest BCUT2D eigenvalue weighted by Gasteiger charge is 2.40. The molecule has 0 unspecified atom stereocenters. The van der Waals surface area contributed by atoms with Crippen LogP contribution in [0.25, 0.3) is 5.65 Å². The molecule has 3 rings (SSSR count). The molecule has 0 radical (unpaired) electrons. The van der Waals surface area contributed by atoms with Crippen LogP contribution >= 0.6 is 0 Å². The van der Waals surface area contributed by atoms with E-state index in [1.54, 1.807) is 0 Å². The van der Waals surface area contributed by atoms with Crippen molar-refractivity contribution in [2.24, 2.45) is 0 Å². The van der Waals surface area contributed by atoms with Crippen molar-refractivity contribution >= 4 is 21.6 Å². The molecule has 3 aromatic heterocycles. The highest BCUT2D eigenvalue weighted by molar-refractivity contribution is 7.92. The number of nitrogens with zero attached hydrogens (tertiary/aromatic N) is 5. The monoisotopic (exact) mass is 434 g/mol. The normalized spacial score (nSPS) is 12.1. The fourth-order valence-electron chi connectivity index (χ4n) is 2.35. The molecule has 0 spiro atoms. The minimum absolute atomic E-state index is 0.0700. The zero-order valence-electron chi connectivity index (χ0n) is 15.1. The van der Waals surface area contributed by atoms with Crippen molar-refractivity contribution in [2.75, 3.05) is 26.1 Å². The van der Waals surface area contributed by atoms with Gasteiger partial charge in [0.25, 0.3) is 16.0 Å². The Balaban J connectivity index is 2.12. The first-order chi connectivity index (χ1) is 13.6. The Labute approximate surface area is 161 Å². The van der Waals surface area contributed by atoms with E-state index >= 15 is 0 Å². The van der Waals surface area contributed by atoms with Gasteiger partial charge in [-0.2, -0.15) is 27.7 Å². The first-order valence-electron chi connectivity index (χ1n) is 7.59. The van der Waals surface area contributed by atoms with E-state index in [4.69, 9.17) is 14.2 Å². The molecule has 3 aromatic rings. The zero-order valence-corrected chi connectivity index (χ0v) is 15.9. The molecule has 29 heavy (non-hydrogen) atoms. The Morgan fingerprint density at radius 1 is 1.10 bits per heavy atom. The number of methoxy groups -OCH3 is 3. The van der Waals surface area contributed by atoms with E-state index in [1.165, 1.54) is 20.3 Å².